The summed E-state index contributed by atoms with van der Waals surface area (Å²) in [5.41, 5.74) is -0.180. The van der Waals surface area contributed by atoms with Crippen LogP contribution in [0.2, 0.25) is 0 Å². The monoisotopic (exact) mass is 681 g/mol. The molecule has 0 radical (unpaired) electrons. The van der Waals surface area contributed by atoms with Crippen molar-refractivity contribution < 1.29 is 23.4 Å². The van der Waals surface area contributed by atoms with Gasteiger partial charge >= 0.3 is 6.01 Å². The van der Waals surface area contributed by atoms with Crippen LogP contribution in [-0.4, -0.2) is 91.9 Å². The third-order valence-corrected chi connectivity index (χ3v) is 10.7. The van der Waals surface area contributed by atoms with E-state index in [1.54, 1.807) is 4.90 Å². The number of hydrogen-bond donors (Lipinski definition) is 2. The van der Waals surface area contributed by atoms with Crippen LogP contribution >= 0.6 is 0 Å². The van der Waals surface area contributed by atoms with Gasteiger partial charge in [0.2, 0.25) is 0 Å². The molecule has 12 heteroatoms. The summed E-state index contributed by atoms with van der Waals surface area (Å²) < 4.78 is 38.1. The number of carbonyl (C=O) groups excluding carboxylic acids is 1. The molecule has 4 saturated heterocycles. The third-order valence-electron chi connectivity index (χ3n) is 10.7. The van der Waals surface area contributed by atoms with Crippen LogP contribution < -0.4 is 9.64 Å². The Balaban J connectivity index is 0.00000193. The fourth-order valence-electron chi connectivity index (χ4n) is 8.53. The van der Waals surface area contributed by atoms with E-state index >= 15 is 4.39 Å². The standard InChI is InChI=1S/C36H35F2N7O3.C2H6/c1-3-25-28(37)9-6-21-14-24(46)15-26(29(21)25)31-30(38)32-27(16-40-31)33(43-17-22-7-8-23(18-43)45(22)34(47)20(2)39)42-35(41-32)48-19-36-10-4-12-44(36)13-5-11-36;1-2/h1,6,9,14-16,22-23,39,46H,4-5,7-8,10-13,17-19H2,2H3;1-2H3/t22-,23?;/m1./s1. The van der Waals surface area contributed by atoms with E-state index in [0.717, 1.165) is 51.6 Å². The zero-order valence-corrected chi connectivity index (χ0v) is 28.6. The number of phenolic OH excluding ortho intramolecular Hbond substituents is 1. The normalized spacial score (nSPS) is 20.8. The lowest BCUT2D eigenvalue weighted by atomic mass is 9.95. The van der Waals surface area contributed by atoms with E-state index in [2.05, 4.69) is 20.8 Å². The number of hydrogen-bond acceptors (Lipinski definition) is 9. The minimum Gasteiger partial charge on any atom is -0.508 e. The van der Waals surface area contributed by atoms with Gasteiger partial charge in [0.05, 0.1) is 34.3 Å². The average molecular weight is 682 g/mol. The number of nitrogens with one attached hydrogen (secondary N) is 1. The van der Waals surface area contributed by atoms with Crippen LogP contribution in [0.5, 0.6) is 11.8 Å². The number of pyridine rings is 1. The maximum Gasteiger partial charge on any atom is 0.319 e. The Bertz CT molecular complexity index is 2040. The molecule has 2 aromatic heterocycles. The third kappa shape index (κ3) is 5.48. The lowest BCUT2D eigenvalue weighted by Gasteiger charge is -2.41. The van der Waals surface area contributed by atoms with Gasteiger partial charge in [0.25, 0.3) is 5.91 Å². The molecule has 50 heavy (non-hydrogen) atoms. The van der Waals surface area contributed by atoms with Gasteiger partial charge in [0.1, 0.15) is 35.2 Å². The van der Waals surface area contributed by atoms with Crippen molar-refractivity contribution in [1.82, 2.24) is 24.8 Å². The maximum absolute atomic E-state index is 16.9. The first kappa shape index (κ1) is 33.6. The van der Waals surface area contributed by atoms with E-state index in [4.69, 9.17) is 21.6 Å². The summed E-state index contributed by atoms with van der Waals surface area (Å²) >= 11 is 0. The van der Waals surface area contributed by atoms with Crippen molar-refractivity contribution in [3.63, 3.8) is 0 Å². The van der Waals surface area contributed by atoms with Crippen LogP contribution in [0.4, 0.5) is 14.6 Å². The average Bonchev–Trinajstić information content (AvgIpc) is 3.78. The summed E-state index contributed by atoms with van der Waals surface area (Å²) in [4.78, 5) is 33.2. The van der Waals surface area contributed by atoms with E-state index in [-0.39, 0.29) is 68.7 Å². The van der Waals surface area contributed by atoms with E-state index in [1.807, 2.05) is 18.7 Å². The molecule has 2 bridgehead atoms. The number of aromatic nitrogens is 3. The number of aromatic hydroxyl groups is 1. The van der Waals surface area contributed by atoms with E-state index in [1.165, 1.54) is 37.4 Å². The number of benzene rings is 2. The SMILES string of the molecule is C#Cc1c(F)ccc2cc(O)cc(-c3ncc4c(N5CC6CC[C@H](C5)N6C(=O)C(C)=N)nc(OCC56CCCN5CCC6)nc4c3F)c12.CC. The van der Waals surface area contributed by atoms with Gasteiger partial charge in [-0.25, -0.2) is 8.78 Å². The molecule has 0 aliphatic carbocycles. The molecule has 1 amide bonds. The number of fused-ring (bicyclic) bond motifs is 5. The topological polar surface area (TPSA) is 119 Å². The Kier molecular flexibility index (Phi) is 8.80. The zero-order valence-electron chi connectivity index (χ0n) is 28.6. The fourth-order valence-corrected chi connectivity index (χ4v) is 8.53. The van der Waals surface area contributed by atoms with E-state index < -0.39 is 11.6 Å². The number of anilines is 1. The number of amides is 1. The van der Waals surface area contributed by atoms with Crippen molar-refractivity contribution in [1.29, 1.82) is 5.41 Å². The van der Waals surface area contributed by atoms with Crippen molar-refractivity contribution in [2.75, 3.05) is 37.7 Å². The summed E-state index contributed by atoms with van der Waals surface area (Å²) in [6, 6.07) is 5.26. The Morgan fingerprint density at radius 1 is 1.12 bits per heavy atom. The summed E-state index contributed by atoms with van der Waals surface area (Å²) in [6.45, 7) is 8.83. The zero-order chi connectivity index (χ0) is 35.3. The molecule has 2 N–H and O–H groups in total. The Morgan fingerprint density at radius 3 is 2.48 bits per heavy atom. The lowest BCUT2D eigenvalue weighted by molar-refractivity contribution is -0.127. The van der Waals surface area contributed by atoms with Crippen LogP contribution in [0.15, 0.2) is 30.5 Å². The number of ether oxygens (including phenoxy) is 1. The van der Waals surface area contributed by atoms with Crippen LogP contribution in [-0.2, 0) is 4.79 Å². The second kappa shape index (κ2) is 13.1. The van der Waals surface area contributed by atoms with Gasteiger partial charge in [0.15, 0.2) is 5.82 Å². The molecule has 4 aromatic rings. The van der Waals surface area contributed by atoms with Crippen molar-refractivity contribution in [3.8, 4) is 35.4 Å². The first-order valence-electron chi connectivity index (χ1n) is 17.5. The van der Waals surface area contributed by atoms with Gasteiger partial charge in [-0.3, -0.25) is 20.1 Å². The Hall–Kier alpha value is -4.89. The van der Waals surface area contributed by atoms with Gasteiger partial charge in [-0.2, -0.15) is 9.97 Å². The highest BCUT2D eigenvalue weighted by molar-refractivity contribution is 6.36. The highest BCUT2D eigenvalue weighted by Gasteiger charge is 2.46. The molecule has 2 atom stereocenters. The van der Waals surface area contributed by atoms with Crippen molar-refractivity contribution in [2.45, 2.75) is 76.9 Å². The van der Waals surface area contributed by atoms with Crippen LogP contribution in [0.3, 0.4) is 0 Å². The lowest BCUT2D eigenvalue weighted by Crippen LogP contribution is -2.57. The second-order valence-corrected chi connectivity index (χ2v) is 13.5. The number of carbonyl (C=O) groups is 1. The first-order chi connectivity index (χ1) is 24.2. The largest absolute Gasteiger partial charge is 0.508 e. The first-order valence-corrected chi connectivity index (χ1v) is 17.5. The Labute approximate surface area is 290 Å². The van der Waals surface area contributed by atoms with E-state index in [0.29, 0.717) is 36.3 Å². The smallest absolute Gasteiger partial charge is 0.319 e. The van der Waals surface area contributed by atoms with E-state index in [9.17, 15) is 14.3 Å². The minimum absolute atomic E-state index is 0.00177. The molecule has 4 aliphatic rings. The van der Waals surface area contributed by atoms with Crippen LogP contribution in [0.1, 0.15) is 64.9 Å². The van der Waals surface area contributed by atoms with Gasteiger partial charge < -0.3 is 19.6 Å². The molecule has 0 spiro atoms. The van der Waals surface area contributed by atoms with Crippen molar-refractivity contribution >= 4 is 39.1 Å². The molecule has 4 fully saturated rings. The second-order valence-electron chi connectivity index (χ2n) is 13.5. The summed E-state index contributed by atoms with van der Waals surface area (Å²) in [6.07, 6.45) is 13.0. The predicted octanol–water partition coefficient (Wildman–Crippen LogP) is 6.06. The van der Waals surface area contributed by atoms with Crippen molar-refractivity contribution in [3.05, 3.63) is 47.7 Å². The highest BCUT2D eigenvalue weighted by Crippen LogP contribution is 2.42. The Morgan fingerprint density at radius 2 is 1.82 bits per heavy atom. The fraction of sp³-hybridized carbons (Fsp3) is 0.447. The molecular formula is C38H41F2N7O3. The number of piperazine rings is 1. The molecule has 260 valence electrons. The summed E-state index contributed by atoms with van der Waals surface area (Å²) in [5, 5.41) is 19.6. The van der Waals surface area contributed by atoms with Gasteiger partial charge in [0, 0.05) is 30.2 Å². The van der Waals surface area contributed by atoms with Gasteiger partial charge in [-0.1, -0.05) is 25.8 Å². The van der Waals surface area contributed by atoms with Crippen LogP contribution in [0, 0.1) is 29.4 Å². The molecule has 0 saturated carbocycles. The quantitative estimate of drug-likeness (QED) is 0.186. The minimum atomic E-state index is -0.780. The number of phenols is 1. The number of rotatable bonds is 6. The highest BCUT2D eigenvalue weighted by atomic mass is 19.1. The summed E-state index contributed by atoms with van der Waals surface area (Å²) in [5.74, 6) is 0.982. The maximum atomic E-state index is 16.9. The predicted molar refractivity (Wildman–Crippen MR) is 189 cm³/mol. The van der Waals surface area contributed by atoms with Crippen LogP contribution in [0.25, 0.3) is 32.9 Å². The molecule has 8 rings (SSSR count). The number of terminal acetylenes is 1. The van der Waals surface area contributed by atoms with Gasteiger partial charge in [-0.05, 0) is 82.1 Å². The molecule has 4 aliphatic heterocycles. The summed E-state index contributed by atoms with van der Waals surface area (Å²) in [7, 11) is 0. The molecule has 1 unspecified atom stereocenters. The molecule has 2 aromatic carbocycles. The number of halogens is 2. The molecular weight excluding hydrogens is 640 g/mol. The molecule has 6 heterocycles. The van der Waals surface area contributed by atoms with Gasteiger partial charge in [-0.15, -0.1) is 6.42 Å². The molecule has 10 nitrogen and oxygen atoms in total. The van der Waals surface area contributed by atoms with Crippen molar-refractivity contribution in [2.24, 2.45) is 0 Å². The number of nitrogens with zero attached hydrogens (tertiary/aromatic N) is 6.